The zero-order valence-electron chi connectivity index (χ0n) is 28.5. The SMILES string of the molecule is COc1ccc(C2CCC(CN(C(=O)C3CCC(NC(=O)OC(C)C)CC3)c3cccc(-c4cnn(C(C)C)c4)c3)CC2)cc1C. The molecule has 2 saturated carbocycles. The second-order valence-corrected chi connectivity index (χ2v) is 13.9. The number of carbonyl (C=O) groups is 2. The molecule has 0 spiro atoms. The molecule has 1 N–H and O–H groups in total. The van der Waals surface area contributed by atoms with Gasteiger partial charge >= 0.3 is 6.09 Å². The standard InChI is InChI=1S/C38H52N4O4/c1-25(2)42-24-33(22-39-42)31-8-7-9-35(21-31)41(37(43)30-14-17-34(18-15-30)40-38(44)46-26(3)4)23-28-10-12-29(13-11-28)32-16-19-36(45-6)27(5)20-32/h7-9,16,19-22,24-26,28-30,34H,10-15,17-18,23H2,1-6H3,(H,40,44). The third-order valence-corrected chi connectivity index (χ3v) is 9.81. The monoisotopic (exact) mass is 628 g/mol. The van der Waals surface area contributed by atoms with Crippen LogP contribution in [0.25, 0.3) is 11.1 Å². The summed E-state index contributed by atoms with van der Waals surface area (Å²) in [5, 5.41) is 7.55. The molecule has 2 fully saturated rings. The number of hydrogen-bond donors (Lipinski definition) is 1. The van der Waals surface area contributed by atoms with E-state index in [4.69, 9.17) is 9.47 Å². The first kappa shape index (κ1) is 33.6. The minimum absolute atomic E-state index is 0.0430. The summed E-state index contributed by atoms with van der Waals surface area (Å²) in [5.41, 5.74) is 5.64. The number of aryl methyl sites for hydroxylation is 1. The highest BCUT2D eigenvalue weighted by Gasteiger charge is 2.33. The van der Waals surface area contributed by atoms with E-state index in [0.29, 0.717) is 11.8 Å². The van der Waals surface area contributed by atoms with Crippen molar-refractivity contribution in [3.05, 3.63) is 66.0 Å². The molecule has 1 heterocycles. The van der Waals surface area contributed by atoms with Crippen LogP contribution in [0.15, 0.2) is 54.9 Å². The maximum Gasteiger partial charge on any atom is 0.407 e. The molecule has 46 heavy (non-hydrogen) atoms. The van der Waals surface area contributed by atoms with Gasteiger partial charge in [-0.1, -0.05) is 24.3 Å². The van der Waals surface area contributed by atoms with Crippen molar-refractivity contribution in [1.82, 2.24) is 15.1 Å². The lowest BCUT2D eigenvalue weighted by molar-refractivity contribution is -0.123. The number of benzene rings is 2. The summed E-state index contributed by atoms with van der Waals surface area (Å²) in [6.45, 7) is 10.8. The number of aromatic nitrogens is 2. The molecule has 8 heteroatoms. The van der Waals surface area contributed by atoms with Gasteiger partial charge in [0.25, 0.3) is 0 Å². The van der Waals surface area contributed by atoms with E-state index in [1.807, 2.05) is 24.7 Å². The van der Waals surface area contributed by atoms with Gasteiger partial charge in [-0.3, -0.25) is 9.48 Å². The van der Waals surface area contributed by atoms with E-state index in [2.05, 4.69) is 84.7 Å². The molecule has 2 aliphatic carbocycles. The molecule has 0 bridgehead atoms. The molecule has 0 unspecified atom stereocenters. The van der Waals surface area contributed by atoms with Crippen LogP contribution in [0.1, 0.15) is 102 Å². The van der Waals surface area contributed by atoms with Gasteiger partial charge in [-0.15, -0.1) is 0 Å². The summed E-state index contributed by atoms with van der Waals surface area (Å²) >= 11 is 0. The van der Waals surface area contributed by atoms with Crippen LogP contribution in [0.2, 0.25) is 0 Å². The maximum absolute atomic E-state index is 14.4. The van der Waals surface area contributed by atoms with Crippen molar-refractivity contribution in [3.8, 4) is 16.9 Å². The third-order valence-electron chi connectivity index (χ3n) is 9.81. The van der Waals surface area contributed by atoms with Gasteiger partial charge in [-0.2, -0.15) is 5.10 Å². The number of ether oxygens (including phenoxy) is 2. The molecule has 248 valence electrons. The Morgan fingerprint density at radius 2 is 1.70 bits per heavy atom. The summed E-state index contributed by atoms with van der Waals surface area (Å²) in [5.74, 6) is 2.05. The topological polar surface area (TPSA) is 85.7 Å². The number of anilines is 1. The second-order valence-electron chi connectivity index (χ2n) is 13.9. The van der Waals surface area contributed by atoms with E-state index in [0.717, 1.165) is 80.5 Å². The lowest BCUT2D eigenvalue weighted by atomic mass is 9.78. The summed E-state index contributed by atoms with van der Waals surface area (Å²) < 4.78 is 12.7. The number of methoxy groups -OCH3 is 1. The lowest BCUT2D eigenvalue weighted by Gasteiger charge is -2.36. The predicted molar refractivity (Wildman–Crippen MR) is 183 cm³/mol. The summed E-state index contributed by atoms with van der Waals surface area (Å²) in [7, 11) is 1.72. The van der Waals surface area contributed by atoms with Gasteiger partial charge in [0, 0.05) is 42.0 Å². The molecule has 1 aromatic heterocycles. The quantitative estimate of drug-likeness (QED) is 0.244. The first-order chi connectivity index (χ1) is 22.1. The Labute approximate surface area is 274 Å². The fraction of sp³-hybridized carbons (Fsp3) is 0.553. The van der Waals surface area contributed by atoms with Crippen LogP contribution in [0.5, 0.6) is 5.75 Å². The molecule has 0 aliphatic heterocycles. The number of nitrogens with zero attached hydrogens (tertiary/aromatic N) is 3. The number of carbonyl (C=O) groups excluding carboxylic acids is 2. The Bertz CT molecular complexity index is 1460. The van der Waals surface area contributed by atoms with Gasteiger partial charge in [0.15, 0.2) is 0 Å². The van der Waals surface area contributed by atoms with E-state index < -0.39 is 0 Å². The van der Waals surface area contributed by atoms with Gasteiger partial charge in [0.1, 0.15) is 5.75 Å². The van der Waals surface area contributed by atoms with E-state index >= 15 is 0 Å². The van der Waals surface area contributed by atoms with Gasteiger partial charge in [0.2, 0.25) is 5.91 Å². The number of nitrogens with one attached hydrogen (secondary N) is 1. The zero-order valence-corrected chi connectivity index (χ0v) is 28.5. The summed E-state index contributed by atoms with van der Waals surface area (Å²) in [6.07, 6.45) is 11.0. The van der Waals surface area contributed by atoms with E-state index in [9.17, 15) is 9.59 Å². The molecule has 0 radical (unpaired) electrons. The second kappa shape index (κ2) is 15.2. The zero-order chi connectivity index (χ0) is 32.8. The van der Waals surface area contributed by atoms with Crippen molar-refractivity contribution < 1.29 is 19.1 Å². The molecule has 3 aromatic rings. The van der Waals surface area contributed by atoms with Crippen LogP contribution in [0, 0.1) is 18.8 Å². The molecule has 8 nitrogen and oxygen atoms in total. The molecule has 2 aromatic carbocycles. The van der Waals surface area contributed by atoms with E-state index in [1.165, 1.54) is 11.1 Å². The fourth-order valence-corrected chi connectivity index (χ4v) is 7.16. The van der Waals surface area contributed by atoms with Crippen molar-refractivity contribution in [1.29, 1.82) is 0 Å². The predicted octanol–water partition coefficient (Wildman–Crippen LogP) is 8.45. The maximum atomic E-state index is 14.4. The normalized spacial score (nSPS) is 21.7. The number of hydrogen-bond acceptors (Lipinski definition) is 5. The minimum Gasteiger partial charge on any atom is -0.496 e. The minimum atomic E-state index is -0.371. The molecule has 5 rings (SSSR count). The number of rotatable bonds is 10. The van der Waals surface area contributed by atoms with Gasteiger partial charge in [-0.05, 0) is 133 Å². The Morgan fingerprint density at radius 3 is 2.33 bits per heavy atom. The van der Waals surface area contributed by atoms with Gasteiger partial charge < -0.3 is 19.7 Å². The molecular formula is C38H52N4O4. The molecular weight excluding hydrogens is 576 g/mol. The van der Waals surface area contributed by atoms with Crippen molar-refractivity contribution >= 4 is 17.7 Å². The molecule has 2 aliphatic rings. The highest BCUT2D eigenvalue weighted by atomic mass is 16.6. The van der Waals surface area contributed by atoms with Crippen LogP contribution < -0.4 is 15.0 Å². The third kappa shape index (κ3) is 8.31. The number of amides is 2. The Morgan fingerprint density at radius 1 is 0.957 bits per heavy atom. The smallest absolute Gasteiger partial charge is 0.407 e. The van der Waals surface area contributed by atoms with Crippen molar-refractivity contribution in [2.75, 3.05) is 18.6 Å². The van der Waals surface area contributed by atoms with Crippen LogP contribution in [0.4, 0.5) is 10.5 Å². The van der Waals surface area contributed by atoms with Gasteiger partial charge in [-0.25, -0.2) is 4.79 Å². The van der Waals surface area contributed by atoms with Crippen LogP contribution in [-0.4, -0.2) is 47.6 Å². The average molecular weight is 629 g/mol. The average Bonchev–Trinajstić information content (AvgIpc) is 3.55. The van der Waals surface area contributed by atoms with Crippen molar-refractivity contribution in [3.63, 3.8) is 0 Å². The first-order valence-electron chi connectivity index (χ1n) is 17.2. The van der Waals surface area contributed by atoms with Crippen molar-refractivity contribution in [2.24, 2.45) is 11.8 Å². The van der Waals surface area contributed by atoms with Crippen molar-refractivity contribution in [2.45, 2.75) is 110 Å². The highest BCUT2D eigenvalue weighted by Crippen LogP contribution is 2.39. The fourth-order valence-electron chi connectivity index (χ4n) is 7.16. The van der Waals surface area contributed by atoms with Crippen LogP contribution >= 0.6 is 0 Å². The summed E-state index contributed by atoms with van der Waals surface area (Å²) in [4.78, 5) is 28.6. The Kier molecular flexibility index (Phi) is 11.1. The highest BCUT2D eigenvalue weighted by molar-refractivity contribution is 5.95. The van der Waals surface area contributed by atoms with E-state index in [-0.39, 0.29) is 36.1 Å². The lowest BCUT2D eigenvalue weighted by Crippen LogP contribution is -2.44. The molecule has 0 saturated heterocycles. The first-order valence-corrected chi connectivity index (χ1v) is 17.2. The molecule has 0 atom stereocenters. The van der Waals surface area contributed by atoms with Gasteiger partial charge in [0.05, 0.1) is 19.4 Å². The van der Waals surface area contributed by atoms with Crippen LogP contribution in [0.3, 0.4) is 0 Å². The largest absolute Gasteiger partial charge is 0.496 e. The molecule has 2 amide bonds. The summed E-state index contributed by atoms with van der Waals surface area (Å²) in [6, 6.07) is 15.3. The van der Waals surface area contributed by atoms with E-state index in [1.54, 1.807) is 7.11 Å². The Balaban J connectivity index is 1.30. The number of alkyl carbamates (subject to hydrolysis) is 1. The van der Waals surface area contributed by atoms with Crippen LogP contribution in [-0.2, 0) is 9.53 Å². The Hall–Kier alpha value is -3.81.